The number of amides is 1. The van der Waals surface area contributed by atoms with E-state index in [1.807, 2.05) is 37.3 Å². The predicted molar refractivity (Wildman–Crippen MR) is 76.3 cm³/mol. The zero-order valence-electron chi connectivity index (χ0n) is 11.7. The second-order valence-corrected chi connectivity index (χ2v) is 4.74. The molecule has 1 heterocycles. The van der Waals surface area contributed by atoms with Gasteiger partial charge in [-0.3, -0.25) is 9.48 Å². The molecule has 1 aromatic carbocycles. The molecule has 106 valence electrons. The molecule has 2 rings (SSSR count). The first kappa shape index (κ1) is 14.3. The van der Waals surface area contributed by atoms with Gasteiger partial charge in [0.25, 0.3) is 5.91 Å². The van der Waals surface area contributed by atoms with Crippen molar-refractivity contribution in [1.29, 1.82) is 0 Å². The zero-order chi connectivity index (χ0) is 14.5. The lowest BCUT2D eigenvalue weighted by Crippen LogP contribution is -2.29. The van der Waals surface area contributed by atoms with E-state index in [2.05, 4.69) is 10.4 Å². The van der Waals surface area contributed by atoms with Crippen LogP contribution in [0.5, 0.6) is 0 Å². The van der Waals surface area contributed by atoms with Crippen LogP contribution in [0, 0.1) is 6.92 Å². The summed E-state index contributed by atoms with van der Waals surface area (Å²) in [4.78, 5) is 12.2. The van der Waals surface area contributed by atoms with E-state index < -0.39 is 0 Å². The molecule has 0 fully saturated rings. The average molecular weight is 273 g/mol. The third-order valence-electron chi connectivity index (χ3n) is 3.27. The quantitative estimate of drug-likeness (QED) is 0.869. The van der Waals surface area contributed by atoms with Gasteiger partial charge in [0.2, 0.25) is 0 Å². The summed E-state index contributed by atoms with van der Waals surface area (Å²) in [6.45, 7) is 1.91. The van der Waals surface area contributed by atoms with Crippen LogP contribution >= 0.6 is 0 Å². The second kappa shape index (κ2) is 6.34. The molecule has 0 bridgehead atoms. The molecule has 20 heavy (non-hydrogen) atoms. The second-order valence-electron chi connectivity index (χ2n) is 4.74. The zero-order valence-corrected chi connectivity index (χ0v) is 11.7. The van der Waals surface area contributed by atoms with Crippen LogP contribution in [0.25, 0.3) is 0 Å². The Morgan fingerprint density at radius 2 is 2.10 bits per heavy atom. The van der Waals surface area contributed by atoms with Gasteiger partial charge in [-0.1, -0.05) is 30.3 Å². The number of hydrogen-bond donors (Lipinski definition) is 2. The molecule has 1 atom stereocenters. The smallest absolute Gasteiger partial charge is 0.272 e. The summed E-state index contributed by atoms with van der Waals surface area (Å²) in [6, 6.07) is 11.2. The Balaban J connectivity index is 2.14. The maximum Gasteiger partial charge on any atom is 0.272 e. The molecule has 1 aromatic heterocycles. The summed E-state index contributed by atoms with van der Waals surface area (Å²) < 4.78 is 1.67. The molecule has 0 aliphatic heterocycles. The van der Waals surface area contributed by atoms with Crippen molar-refractivity contribution in [3.05, 3.63) is 53.3 Å². The largest absolute Gasteiger partial charge is 0.396 e. The van der Waals surface area contributed by atoms with Gasteiger partial charge in [-0.25, -0.2) is 0 Å². The van der Waals surface area contributed by atoms with Crippen LogP contribution in [0.2, 0.25) is 0 Å². The van der Waals surface area contributed by atoms with Gasteiger partial charge in [0.1, 0.15) is 5.69 Å². The Morgan fingerprint density at radius 1 is 1.40 bits per heavy atom. The first-order valence-corrected chi connectivity index (χ1v) is 6.59. The van der Waals surface area contributed by atoms with Crippen LogP contribution < -0.4 is 5.32 Å². The molecule has 5 nitrogen and oxygen atoms in total. The van der Waals surface area contributed by atoms with E-state index in [0.717, 1.165) is 11.3 Å². The molecular weight excluding hydrogens is 254 g/mol. The summed E-state index contributed by atoms with van der Waals surface area (Å²) in [5.41, 5.74) is 2.29. The first-order chi connectivity index (χ1) is 9.61. The van der Waals surface area contributed by atoms with Gasteiger partial charge in [-0.2, -0.15) is 5.10 Å². The van der Waals surface area contributed by atoms with Crippen molar-refractivity contribution in [2.75, 3.05) is 6.61 Å². The highest BCUT2D eigenvalue weighted by molar-refractivity contribution is 5.92. The minimum Gasteiger partial charge on any atom is -0.396 e. The molecular formula is C15H19N3O2. The van der Waals surface area contributed by atoms with Crippen molar-refractivity contribution in [3.8, 4) is 0 Å². The van der Waals surface area contributed by atoms with Gasteiger partial charge in [-0.15, -0.1) is 0 Å². The number of nitrogens with zero attached hydrogens (tertiary/aromatic N) is 2. The third kappa shape index (κ3) is 3.24. The van der Waals surface area contributed by atoms with Gasteiger partial charge in [0.15, 0.2) is 0 Å². The fourth-order valence-corrected chi connectivity index (χ4v) is 2.04. The molecule has 0 radical (unpaired) electrons. The summed E-state index contributed by atoms with van der Waals surface area (Å²) in [6.07, 6.45) is 0.474. The van der Waals surface area contributed by atoms with E-state index in [0.29, 0.717) is 12.1 Å². The van der Waals surface area contributed by atoms with Crippen molar-refractivity contribution in [2.24, 2.45) is 7.05 Å². The van der Waals surface area contributed by atoms with Gasteiger partial charge in [-0.05, 0) is 25.0 Å². The van der Waals surface area contributed by atoms with Gasteiger partial charge in [0.05, 0.1) is 6.04 Å². The lowest BCUT2D eigenvalue weighted by molar-refractivity contribution is 0.0924. The number of hydrogen-bond acceptors (Lipinski definition) is 3. The van der Waals surface area contributed by atoms with Crippen LogP contribution in [0.3, 0.4) is 0 Å². The standard InChI is InChI=1S/C15H19N3O2/c1-11-10-14(17-18(11)2)15(20)16-13(8-9-19)12-6-4-3-5-7-12/h3-7,10,13,19H,8-9H2,1-2H3,(H,16,20). The molecule has 0 spiro atoms. The van der Waals surface area contributed by atoms with Crippen molar-refractivity contribution in [3.63, 3.8) is 0 Å². The fourth-order valence-electron chi connectivity index (χ4n) is 2.04. The van der Waals surface area contributed by atoms with Crippen molar-refractivity contribution < 1.29 is 9.90 Å². The summed E-state index contributed by atoms with van der Waals surface area (Å²) in [7, 11) is 1.80. The van der Waals surface area contributed by atoms with Crippen LogP contribution in [0.15, 0.2) is 36.4 Å². The Kier molecular flexibility index (Phi) is 4.53. The number of carbonyl (C=O) groups excluding carboxylic acids is 1. The highest BCUT2D eigenvalue weighted by atomic mass is 16.3. The Bertz CT molecular complexity index is 559. The van der Waals surface area contributed by atoms with Crippen LogP contribution in [-0.4, -0.2) is 27.4 Å². The van der Waals surface area contributed by atoms with Crippen molar-refractivity contribution >= 4 is 5.91 Å². The average Bonchev–Trinajstić information content (AvgIpc) is 2.79. The minimum absolute atomic E-state index is 0.0150. The summed E-state index contributed by atoms with van der Waals surface area (Å²) >= 11 is 0. The molecule has 0 saturated heterocycles. The predicted octanol–water partition coefficient (Wildman–Crippen LogP) is 1.58. The number of aromatic nitrogens is 2. The molecule has 5 heteroatoms. The van der Waals surface area contributed by atoms with Gasteiger partial charge < -0.3 is 10.4 Å². The minimum atomic E-state index is -0.226. The summed E-state index contributed by atoms with van der Waals surface area (Å²) in [5.74, 6) is -0.226. The van der Waals surface area contributed by atoms with E-state index in [9.17, 15) is 4.79 Å². The van der Waals surface area contributed by atoms with Crippen LogP contribution in [0.1, 0.15) is 34.2 Å². The molecule has 1 unspecified atom stereocenters. The molecule has 1 amide bonds. The van der Waals surface area contributed by atoms with E-state index in [1.165, 1.54) is 0 Å². The van der Waals surface area contributed by atoms with Crippen molar-refractivity contribution in [1.82, 2.24) is 15.1 Å². The highest BCUT2D eigenvalue weighted by Crippen LogP contribution is 2.16. The molecule has 0 aliphatic rings. The number of rotatable bonds is 5. The number of aliphatic hydroxyl groups is 1. The number of nitrogens with one attached hydrogen (secondary N) is 1. The van der Waals surface area contributed by atoms with E-state index in [1.54, 1.807) is 17.8 Å². The highest BCUT2D eigenvalue weighted by Gasteiger charge is 2.17. The molecule has 0 saturated carbocycles. The van der Waals surface area contributed by atoms with Crippen LogP contribution in [-0.2, 0) is 7.05 Å². The first-order valence-electron chi connectivity index (χ1n) is 6.59. The fraction of sp³-hybridized carbons (Fsp3) is 0.333. The number of benzene rings is 1. The number of aryl methyl sites for hydroxylation is 2. The van der Waals surface area contributed by atoms with Crippen LogP contribution in [0.4, 0.5) is 0 Å². The maximum absolute atomic E-state index is 12.2. The Morgan fingerprint density at radius 3 is 2.65 bits per heavy atom. The maximum atomic E-state index is 12.2. The molecule has 2 N–H and O–H groups in total. The Labute approximate surface area is 118 Å². The van der Waals surface area contributed by atoms with E-state index in [-0.39, 0.29) is 18.6 Å². The summed E-state index contributed by atoms with van der Waals surface area (Å²) in [5, 5.41) is 16.2. The number of aliphatic hydroxyl groups excluding tert-OH is 1. The molecule has 0 aliphatic carbocycles. The normalized spacial score (nSPS) is 12.2. The van der Waals surface area contributed by atoms with Gasteiger partial charge in [0, 0.05) is 19.3 Å². The van der Waals surface area contributed by atoms with Gasteiger partial charge >= 0.3 is 0 Å². The third-order valence-corrected chi connectivity index (χ3v) is 3.27. The lowest BCUT2D eigenvalue weighted by atomic mass is 10.0. The molecule has 2 aromatic rings. The van der Waals surface area contributed by atoms with E-state index >= 15 is 0 Å². The Hall–Kier alpha value is -2.14. The van der Waals surface area contributed by atoms with Crippen molar-refractivity contribution in [2.45, 2.75) is 19.4 Å². The van der Waals surface area contributed by atoms with E-state index in [4.69, 9.17) is 5.11 Å². The topological polar surface area (TPSA) is 67.2 Å². The monoisotopic (exact) mass is 273 g/mol. The lowest BCUT2D eigenvalue weighted by Gasteiger charge is -2.17. The number of carbonyl (C=O) groups is 1. The SMILES string of the molecule is Cc1cc(C(=O)NC(CCO)c2ccccc2)nn1C.